The van der Waals surface area contributed by atoms with Gasteiger partial charge < -0.3 is 9.47 Å². The molecule has 0 fully saturated rings. The van der Waals surface area contributed by atoms with Crippen LogP contribution in [-0.4, -0.2) is 23.0 Å². The number of ether oxygens (including phenoxy) is 2. The van der Waals surface area contributed by atoms with E-state index < -0.39 is 0 Å². The summed E-state index contributed by atoms with van der Waals surface area (Å²) >= 11 is 6.41. The number of hydrogen-bond acceptors (Lipinski definition) is 5. The molecule has 6 nitrogen and oxygen atoms in total. The molecule has 0 aliphatic rings. The monoisotopic (exact) mass is 601 g/mol. The molecule has 1 heterocycles. The number of rotatable bonds is 8. The van der Waals surface area contributed by atoms with Crippen molar-refractivity contribution in [3.63, 3.8) is 0 Å². The molecule has 0 aliphatic heterocycles. The Balaban J connectivity index is 1.54. The van der Waals surface area contributed by atoms with Gasteiger partial charge in [-0.15, -0.1) is 0 Å². The topological polar surface area (TPSA) is 65.7 Å². The molecule has 44 heavy (non-hydrogen) atoms. The van der Waals surface area contributed by atoms with Crippen molar-refractivity contribution in [3.05, 3.63) is 135 Å². The molecular formula is C37H32ClN3O3. The van der Waals surface area contributed by atoms with Crippen molar-refractivity contribution in [2.45, 2.75) is 33.3 Å². The molecule has 0 bridgehead atoms. The highest BCUT2D eigenvalue weighted by atomic mass is 35.5. The molecule has 0 N–H and O–H groups in total. The molecule has 0 amide bonds. The Labute approximate surface area is 261 Å². The van der Waals surface area contributed by atoms with Gasteiger partial charge in [0.2, 0.25) is 0 Å². The van der Waals surface area contributed by atoms with Gasteiger partial charge in [0.05, 0.1) is 24.2 Å². The predicted molar refractivity (Wildman–Crippen MR) is 180 cm³/mol. The normalized spacial score (nSPS) is 11.6. The molecule has 6 aromatic rings. The summed E-state index contributed by atoms with van der Waals surface area (Å²) in [5, 5.41) is 7.91. The minimum atomic E-state index is -0.262. The summed E-state index contributed by atoms with van der Waals surface area (Å²) in [5.41, 5.74) is 4.72. The maximum Gasteiger partial charge on any atom is 0.282 e. The second-order valence-corrected chi connectivity index (χ2v) is 11.4. The van der Waals surface area contributed by atoms with Crippen LogP contribution in [-0.2, 0) is 6.61 Å². The lowest BCUT2D eigenvalue weighted by Crippen LogP contribution is -2.21. The Kier molecular flexibility index (Phi) is 8.18. The van der Waals surface area contributed by atoms with Gasteiger partial charge in [0.15, 0.2) is 5.82 Å². The minimum Gasteiger partial charge on any atom is -0.496 e. The van der Waals surface area contributed by atoms with E-state index in [1.807, 2.05) is 91.9 Å². The summed E-state index contributed by atoms with van der Waals surface area (Å²) in [6.07, 6.45) is 1.69. The maximum absolute atomic E-state index is 14.0. The van der Waals surface area contributed by atoms with Gasteiger partial charge >= 0.3 is 0 Å². The quantitative estimate of drug-likeness (QED) is 0.164. The van der Waals surface area contributed by atoms with E-state index in [2.05, 4.69) is 19.9 Å². The average Bonchev–Trinajstić information content (AvgIpc) is 3.04. The summed E-state index contributed by atoms with van der Waals surface area (Å²) in [6, 6.07) is 30.9. The molecule has 0 atom stereocenters. The van der Waals surface area contributed by atoms with Crippen molar-refractivity contribution in [2.24, 2.45) is 5.10 Å². The number of para-hydroxylation sites is 1. The Morgan fingerprint density at radius 3 is 2.41 bits per heavy atom. The zero-order chi connectivity index (χ0) is 30.8. The van der Waals surface area contributed by atoms with Crippen LogP contribution in [0.2, 0.25) is 5.02 Å². The molecule has 0 aliphatic carbocycles. The summed E-state index contributed by atoms with van der Waals surface area (Å²) in [7, 11) is 1.67. The number of benzene rings is 5. The number of halogens is 1. The SMILES string of the molecule is COc1cc(C)c(-c2nc3ccccc3c(=O)n2N=Cc2c(OCc3ccccc3Cl)ccc3ccccc23)cc1C(C)C. The summed E-state index contributed by atoms with van der Waals surface area (Å²) < 4.78 is 13.4. The average molecular weight is 602 g/mol. The fraction of sp³-hybridized carbons (Fsp3) is 0.162. The highest BCUT2D eigenvalue weighted by Crippen LogP contribution is 2.34. The summed E-state index contributed by atoms with van der Waals surface area (Å²) in [6.45, 7) is 6.49. The molecule has 5 aromatic carbocycles. The van der Waals surface area contributed by atoms with Gasteiger partial charge in [0, 0.05) is 21.7 Å². The zero-order valence-electron chi connectivity index (χ0n) is 25.0. The first kappa shape index (κ1) is 29.1. The van der Waals surface area contributed by atoms with Crippen molar-refractivity contribution in [1.29, 1.82) is 0 Å². The predicted octanol–water partition coefficient (Wildman–Crippen LogP) is 8.77. The van der Waals surface area contributed by atoms with Gasteiger partial charge in [-0.05, 0) is 71.1 Å². The van der Waals surface area contributed by atoms with Crippen molar-refractivity contribution < 1.29 is 9.47 Å². The Bertz CT molecular complexity index is 2100. The third kappa shape index (κ3) is 5.56. The summed E-state index contributed by atoms with van der Waals surface area (Å²) in [5.74, 6) is 2.07. The standard InChI is InChI=1S/C37H32ClN3O3/c1-23(2)29-20-30(24(3)19-35(29)43-4)36-40-33-16-10-8-14-28(33)37(42)41(36)39-21-31-27-13-7-5-11-25(27)17-18-34(31)44-22-26-12-6-9-15-32(26)38/h5-21,23H,22H2,1-4H3. The van der Waals surface area contributed by atoms with Crippen LogP contribution in [0.3, 0.4) is 0 Å². The number of aryl methyl sites for hydroxylation is 1. The van der Waals surface area contributed by atoms with E-state index in [9.17, 15) is 4.79 Å². The van der Waals surface area contributed by atoms with E-state index in [1.165, 1.54) is 4.68 Å². The number of hydrogen-bond donors (Lipinski definition) is 0. The fourth-order valence-electron chi connectivity index (χ4n) is 5.39. The number of fused-ring (bicyclic) bond motifs is 2. The Morgan fingerprint density at radius 2 is 1.64 bits per heavy atom. The first-order chi connectivity index (χ1) is 21.4. The van der Waals surface area contributed by atoms with E-state index >= 15 is 0 Å². The summed E-state index contributed by atoms with van der Waals surface area (Å²) in [4.78, 5) is 19.0. The second-order valence-electron chi connectivity index (χ2n) is 11.0. The molecule has 6 rings (SSSR count). The molecular weight excluding hydrogens is 570 g/mol. The van der Waals surface area contributed by atoms with Crippen molar-refractivity contribution in [2.75, 3.05) is 7.11 Å². The number of nitrogens with zero attached hydrogens (tertiary/aromatic N) is 3. The Hall–Kier alpha value is -4.94. The van der Waals surface area contributed by atoms with Crippen LogP contribution in [0, 0.1) is 6.92 Å². The molecule has 220 valence electrons. The van der Waals surface area contributed by atoms with Crippen LogP contribution < -0.4 is 15.0 Å². The number of methoxy groups -OCH3 is 1. The molecule has 0 radical (unpaired) electrons. The van der Waals surface area contributed by atoms with Crippen LogP contribution in [0.25, 0.3) is 33.1 Å². The van der Waals surface area contributed by atoms with E-state index in [1.54, 1.807) is 19.4 Å². The van der Waals surface area contributed by atoms with Crippen LogP contribution in [0.1, 0.15) is 42.0 Å². The van der Waals surface area contributed by atoms with Crippen LogP contribution in [0.4, 0.5) is 0 Å². The highest BCUT2D eigenvalue weighted by Gasteiger charge is 2.19. The molecule has 0 unspecified atom stereocenters. The third-order valence-electron chi connectivity index (χ3n) is 7.77. The van der Waals surface area contributed by atoms with E-state index in [0.29, 0.717) is 27.5 Å². The van der Waals surface area contributed by atoms with Gasteiger partial charge in [0.1, 0.15) is 18.1 Å². The van der Waals surface area contributed by atoms with Gasteiger partial charge in [-0.25, -0.2) is 4.98 Å². The smallest absolute Gasteiger partial charge is 0.282 e. The molecule has 7 heteroatoms. The lowest BCUT2D eigenvalue weighted by atomic mass is 9.96. The lowest BCUT2D eigenvalue weighted by molar-refractivity contribution is 0.306. The van der Waals surface area contributed by atoms with Gasteiger partial charge in [0.25, 0.3) is 5.56 Å². The number of aromatic nitrogens is 2. The maximum atomic E-state index is 14.0. The van der Waals surface area contributed by atoms with Gasteiger partial charge in [-0.2, -0.15) is 9.78 Å². The van der Waals surface area contributed by atoms with Crippen molar-refractivity contribution >= 4 is 39.5 Å². The van der Waals surface area contributed by atoms with Crippen LogP contribution in [0.15, 0.2) is 107 Å². The first-order valence-electron chi connectivity index (χ1n) is 14.5. The van der Waals surface area contributed by atoms with Crippen LogP contribution in [0.5, 0.6) is 11.5 Å². The van der Waals surface area contributed by atoms with E-state index in [4.69, 9.17) is 31.2 Å². The van der Waals surface area contributed by atoms with Crippen LogP contribution >= 0.6 is 11.6 Å². The molecule has 1 aromatic heterocycles. The third-order valence-corrected chi connectivity index (χ3v) is 8.14. The molecule has 0 saturated carbocycles. The molecule has 0 spiro atoms. The van der Waals surface area contributed by atoms with Gasteiger partial charge in [-0.1, -0.05) is 86.1 Å². The first-order valence-corrected chi connectivity index (χ1v) is 14.9. The second kappa shape index (κ2) is 12.3. The van der Waals surface area contributed by atoms with E-state index in [0.717, 1.165) is 44.3 Å². The van der Waals surface area contributed by atoms with Crippen molar-refractivity contribution in [3.8, 4) is 22.9 Å². The highest BCUT2D eigenvalue weighted by molar-refractivity contribution is 6.31. The molecule has 0 saturated heterocycles. The Morgan fingerprint density at radius 1 is 0.909 bits per heavy atom. The van der Waals surface area contributed by atoms with Crippen molar-refractivity contribution in [1.82, 2.24) is 9.66 Å². The van der Waals surface area contributed by atoms with Gasteiger partial charge in [-0.3, -0.25) is 4.79 Å². The zero-order valence-corrected chi connectivity index (χ0v) is 25.8. The lowest BCUT2D eigenvalue weighted by Gasteiger charge is -2.17. The largest absolute Gasteiger partial charge is 0.496 e. The van der Waals surface area contributed by atoms with E-state index in [-0.39, 0.29) is 18.1 Å². The fourth-order valence-corrected chi connectivity index (χ4v) is 5.58. The minimum absolute atomic E-state index is 0.196.